The molecular formula is C17H11ClF3N3O2S. The molecule has 3 aromatic rings. The molecule has 0 aliphatic rings. The summed E-state index contributed by atoms with van der Waals surface area (Å²) in [5, 5.41) is 2.89. The summed E-state index contributed by atoms with van der Waals surface area (Å²) in [6.45, 7) is 0. The average Bonchev–Trinajstić information content (AvgIpc) is 2.61. The van der Waals surface area contributed by atoms with Crippen molar-refractivity contribution in [2.75, 3.05) is 5.32 Å². The zero-order chi connectivity index (χ0) is 19.7. The van der Waals surface area contributed by atoms with Gasteiger partial charge in [-0.3, -0.25) is 0 Å². The van der Waals surface area contributed by atoms with Crippen molar-refractivity contribution < 1.29 is 21.6 Å². The Labute approximate surface area is 157 Å². The second kappa shape index (κ2) is 7.16. The molecule has 0 spiro atoms. The molecule has 0 aliphatic carbocycles. The van der Waals surface area contributed by atoms with Gasteiger partial charge in [-0.05, 0) is 42.5 Å². The van der Waals surface area contributed by atoms with Gasteiger partial charge in [-0.2, -0.15) is 13.2 Å². The summed E-state index contributed by atoms with van der Waals surface area (Å²) in [4.78, 5) is 8.25. The van der Waals surface area contributed by atoms with Crippen LogP contribution in [-0.2, 0) is 15.2 Å². The van der Waals surface area contributed by atoms with Crippen LogP contribution in [0.15, 0.2) is 65.7 Å². The van der Waals surface area contributed by atoms with Gasteiger partial charge in [-0.25, -0.2) is 18.4 Å². The number of aromatic nitrogens is 2. The van der Waals surface area contributed by atoms with Crippen LogP contribution in [0.3, 0.4) is 0 Å². The van der Waals surface area contributed by atoms with E-state index in [9.17, 15) is 21.6 Å². The van der Waals surface area contributed by atoms with Gasteiger partial charge in [0.15, 0.2) is 0 Å². The van der Waals surface area contributed by atoms with E-state index in [0.717, 1.165) is 12.1 Å². The Morgan fingerprint density at radius 1 is 0.926 bits per heavy atom. The van der Waals surface area contributed by atoms with Gasteiger partial charge in [-0.1, -0.05) is 12.1 Å². The molecule has 0 fully saturated rings. The molecule has 0 radical (unpaired) electrons. The maximum absolute atomic E-state index is 12.6. The summed E-state index contributed by atoms with van der Waals surface area (Å²) >= 11 is 0. The van der Waals surface area contributed by atoms with E-state index in [4.69, 9.17) is 10.7 Å². The van der Waals surface area contributed by atoms with Crippen molar-refractivity contribution in [2.24, 2.45) is 0 Å². The Morgan fingerprint density at radius 3 is 2.11 bits per heavy atom. The van der Waals surface area contributed by atoms with E-state index >= 15 is 0 Å². The number of nitrogens with zero attached hydrogens (tertiary/aromatic N) is 2. The first-order valence-corrected chi connectivity index (χ1v) is 9.76. The molecule has 1 heterocycles. The molecule has 0 atom stereocenters. The largest absolute Gasteiger partial charge is 0.416 e. The van der Waals surface area contributed by atoms with E-state index in [1.54, 1.807) is 6.07 Å². The maximum Gasteiger partial charge on any atom is 0.416 e. The standard InChI is InChI=1S/C17H11ClF3N3O2S/c18-27(25,26)14-7-5-13(6-8-14)23-16-22-10-9-15(24-16)11-1-3-12(4-2-11)17(19,20)21/h1-10H,(H,22,23,24). The van der Waals surface area contributed by atoms with Crippen LogP contribution in [0.5, 0.6) is 0 Å². The molecule has 10 heteroatoms. The first kappa shape index (κ1) is 19.1. The fourth-order valence-electron chi connectivity index (χ4n) is 2.24. The average molecular weight is 414 g/mol. The van der Waals surface area contributed by atoms with E-state index in [2.05, 4.69) is 15.3 Å². The lowest BCUT2D eigenvalue weighted by Crippen LogP contribution is -2.04. The quantitative estimate of drug-likeness (QED) is 0.620. The number of anilines is 2. The Bertz CT molecular complexity index is 1050. The van der Waals surface area contributed by atoms with Crippen LogP contribution in [0.4, 0.5) is 24.8 Å². The number of rotatable bonds is 4. The maximum atomic E-state index is 12.6. The first-order valence-electron chi connectivity index (χ1n) is 7.45. The zero-order valence-corrected chi connectivity index (χ0v) is 15.0. The van der Waals surface area contributed by atoms with Crippen molar-refractivity contribution in [1.82, 2.24) is 9.97 Å². The van der Waals surface area contributed by atoms with Crippen molar-refractivity contribution in [1.29, 1.82) is 0 Å². The van der Waals surface area contributed by atoms with Crippen LogP contribution >= 0.6 is 10.7 Å². The molecule has 1 aromatic heterocycles. The van der Waals surface area contributed by atoms with E-state index in [1.165, 1.54) is 42.6 Å². The molecule has 2 aromatic carbocycles. The van der Waals surface area contributed by atoms with Gasteiger partial charge in [-0.15, -0.1) is 0 Å². The van der Waals surface area contributed by atoms with Crippen molar-refractivity contribution in [3.8, 4) is 11.3 Å². The lowest BCUT2D eigenvalue weighted by molar-refractivity contribution is -0.137. The molecule has 0 bridgehead atoms. The normalized spacial score (nSPS) is 12.0. The van der Waals surface area contributed by atoms with Gasteiger partial charge >= 0.3 is 6.18 Å². The molecule has 0 amide bonds. The molecule has 0 saturated heterocycles. The summed E-state index contributed by atoms with van der Waals surface area (Å²) in [6.07, 6.45) is -2.94. The lowest BCUT2D eigenvalue weighted by atomic mass is 10.1. The molecule has 27 heavy (non-hydrogen) atoms. The third-order valence-electron chi connectivity index (χ3n) is 3.56. The van der Waals surface area contributed by atoms with Crippen molar-refractivity contribution in [3.05, 3.63) is 66.4 Å². The lowest BCUT2D eigenvalue weighted by Gasteiger charge is -2.09. The zero-order valence-electron chi connectivity index (χ0n) is 13.4. The van der Waals surface area contributed by atoms with Crippen molar-refractivity contribution in [3.63, 3.8) is 0 Å². The van der Waals surface area contributed by atoms with E-state index in [0.29, 0.717) is 16.9 Å². The monoisotopic (exact) mass is 413 g/mol. The first-order chi connectivity index (χ1) is 12.6. The van der Waals surface area contributed by atoms with Gasteiger partial charge in [0.1, 0.15) is 0 Å². The molecule has 5 nitrogen and oxygen atoms in total. The van der Waals surface area contributed by atoms with E-state index in [-0.39, 0.29) is 10.8 Å². The number of halogens is 4. The summed E-state index contributed by atoms with van der Waals surface area (Å²) in [7, 11) is 1.44. The summed E-state index contributed by atoms with van der Waals surface area (Å²) < 4.78 is 60.4. The van der Waals surface area contributed by atoms with Crippen LogP contribution in [0.1, 0.15) is 5.56 Å². The summed E-state index contributed by atoms with van der Waals surface area (Å²) in [5.41, 5.74) is 0.704. The van der Waals surface area contributed by atoms with Gasteiger partial charge in [0.05, 0.1) is 16.2 Å². The highest BCUT2D eigenvalue weighted by atomic mass is 35.7. The topological polar surface area (TPSA) is 72.0 Å². The highest BCUT2D eigenvalue weighted by Gasteiger charge is 2.30. The fourth-order valence-corrected chi connectivity index (χ4v) is 3.01. The molecular weight excluding hydrogens is 403 g/mol. The summed E-state index contributed by atoms with van der Waals surface area (Å²) in [5.74, 6) is 0.203. The second-order valence-corrected chi connectivity index (χ2v) is 7.99. The van der Waals surface area contributed by atoms with Crippen molar-refractivity contribution in [2.45, 2.75) is 11.1 Å². The minimum Gasteiger partial charge on any atom is -0.324 e. The van der Waals surface area contributed by atoms with Gasteiger partial charge < -0.3 is 5.32 Å². The van der Waals surface area contributed by atoms with Gasteiger partial charge in [0.2, 0.25) is 5.95 Å². The predicted molar refractivity (Wildman–Crippen MR) is 95.2 cm³/mol. The molecule has 1 N–H and O–H groups in total. The van der Waals surface area contributed by atoms with Crippen molar-refractivity contribution >= 4 is 31.4 Å². The van der Waals surface area contributed by atoms with Crippen LogP contribution < -0.4 is 5.32 Å². The smallest absolute Gasteiger partial charge is 0.324 e. The molecule has 3 rings (SSSR count). The SMILES string of the molecule is O=S(=O)(Cl)c1ccc(Nc2nccc(-c3ccc(C(F)(F)F)cc3)n2)cc1. The highest BCUT2D eigenvalue weighted by molar-refractivity contribution is 8.13. The van der Waals surface area contributed by atoms with Crippen LogP contribution in [0.2, 0.25) is 0 Å². The van der Waals surface area contributed by atoms with Crippen LogP contribution in [0, 0.1) is 0 Å². The Hall–Kier alpha value is -2.65. The molecule has 0 saturated carbocycles. The minimum absolute atomic E-state index is 0.0471. The Kier molecular flexibility index (Phi) is 5.07. The van der Waals surface area contributed by atoms with Gasteiger partial charge in [0.25, 0.3) is 9.05 Å². The van der Waals surface area contributed by atoms with Crippen LogP contribution in [0.25, 0.3) is 11.3 Å². The number of hydrogen-bond donors (Lipinski definition) is 1. The second-order valence-electron chi connectivity index (χ2n) is 5.43. The Balaban J connectivity index is 1.81. The fraction of sp³-hybridized carbons (Fsp3) is 0.0588. The van der Waals surface area contributed by atoms with E-state index in [1.807, 2.05) is 0 Å². The number of benzene rings is 2. The number of hydrogen-bond acceptors (Lipinski definition) is 5. The Morgan fingerprint density at radius 2 is 1.56 bits per heavy atom. The third-order valence-corrected chi connectivity index (χ3v) is 4.93. The molecule has 0 aliphatic heterocycles. The minimum atomic E-state index is -4.40. The van der Waals surface area contributed by atoms with Gasteiger partial charge in [0, 0.05) is 28.1 Å². The summed E-state index contributed by atoms with van der Waals surface area (Å²) in [6, 6.07) is 11.8. The number of alkyl halides is 3. The molecule has 0 unspecified atom stereocenters. The van der Waals surface area contributed by atoms with Crippen LogP contribution in [-0.4, -0.2) is 18.4 Å². The number of nitrogens with one attached hydrogen (secondary N) is 1. The predicted octanol–water partition coefficient (Wildman–Crippen LogP) is 4.83. The highest BCUT2D eigenvalue weighted by Crippen LogP contribution is 2.30. The third kappa shape index (κ3) is 4.75. The van der Waals surface area contributed by atoms with E-state index < -0.39 is 20.8 Å². The molecule has 140 valence electrons.